The van der Waals surface area contributed by atoms with E-state index in [9.17, 15) is 5.11 Å². The molecular formula is C17H28N2O. The number of aliphatic hydroxyl groups excluding tert-OH is 1. The molecule has 20 heavy (non-hydrogen) atoms. The highest BCUT2D eigenvalue weighted by molar-refractivity contribution is 5.18. The fourth-order valence-corrected chi connectivity index (χ4v) is 3.02. The number of benzene rings is 1. The van der Waals surface area contributed by atoms with E-state index in [1.165, 1.54) is 5.56 Å². The summed E-state index contributed by atoms with van der Waals surface area (Å²) in [5.41, 5.74) is 1.39. The maximum Gasteiger partial charge on any atom is 0.0460 e. The molecule has 0 spiro atoms. The lowest BCUT2D eigenvalue weighted by Crippen LogP contribution is -2.37. The lowest BCUT2D eigenvalue weighted by Gasteiger charge is -2.32. The Kier molecular flexibility index (Phi) is 6.51. The van der Waals surface area contributed by atoms with Gasteiger partial charge in [0.15, 0.2) is 0 Å². The number of nitrogens with zero attached hydrogens (tertiary/aromatic N) is 1. The summed E-state index contributed by atoms with van der Waals surface area (Å²) in [6.07, 6.45) is 3.45. The zero-order valence-electron chi connectivity index (χ0n) is 12.6. The van der Waals surface area contributed by atoms with Crippen LogP contribution in [0.1, 0.15) is 37.8 Å². The van der Waals surface area contributed by atoms with Crippen molar-refractivity contribution in [3.8, 4) is 0 Å². The van der Waals surface area contributed by atoms with E-state index < -0.39 is 0 Å². The third kappa shape index (κ3) is 4.58. The molecule has 1 aromatic carbocycles. The monoisotopic (exact) mass is 276 g/mol. The van der Waals surface area contributed by atoms with Crippen molar-refractivity contribution in [3.63, 3.8) is 0 Å². The number of aliphatic hydroxyl groups is 1. The quantitative estimate of drug-likeness (QED) is 0.803. The highest BCUT2D eigenvalue weighted by Crippen LogP contribution is 2.20. The van der Waals surface area contributed by atoms with Gasteiger partial charge in [-0.2, -0.15) is 0 Å². The van der Waals surface area contributed by atoms with Crippen LogP contribution in [0.5, 0.6) is 0 Å². The molecule has 1 atom stereocenters. The fourth-order valence-electron chi connectivity index (χ4n) is 3.02. The number of hydrogen-bond donors (Lipinski definition) is 2. The molecule has 2 N–H and O–H groups in total. The summed E-state index contributed by atoms with van der Waals surface area (Å²) in [5, 5.41) is 12.8. The van der Waals surface area contributed by atoms with Gasteiger partial charge in [0.25, 0.3) is 0 Å². The Morgan fingerprint density at radius 1 is 1.25 bits per heavy atom. The third-order valence-corrected chi connectivity index (χ3v) is 4.35. The fraction of sp³-hybridized carbons (Fsp3) is 0.647. The van der Waals surface area contributed by atoms with E-state index in [4.69, 9.17) is 0 Å². The molecule has 1 unspecified atom stereocenters. The van der Waals surface area contributed by atoms with E-state index in [1.807, 2.05) is 0 Å². The van der Waals surface area contributed by atoms with Gasteiger partial charge in [-0.25, -0.2) is 0 Å². The summed E-state index contributed by atoms with van der Waals surface area (Å²) in [5.74, 6) is 0.532. The standard InChI is InChI=1S/C17H28N2O/c1-2-18-17(16-6-4-3-5-7-16)10-13-19-11-8-15(14-20)9-12-19/h3-7,15,17-18,20H,2,8-14H2,1H3. The lowest BCUT2D eigenvalue weighted by atomic mass is 9.97. The van der Waals surface area contributed by atoms with Crippen LogP contribution in [0.3, 0.4) is 0 Å². The van der Waals surface area contributed by atoms with Gasteiger partial charge >= 0.3 is 0 Å². The summed E-state index contributed by atoms with van der Waals surface area (Å²) in [6.45, 7) is 6.95. The van der Waals surface area contributed by atoms with Crippen LogP contribution in [0, 0.1) is 5.92 Å². The van der Waals surface area contributed by atoms with E-state index in [-0.39, 0.29) is 0 Å². The van der Waals surface area contributed by atoms with Crippen LogP contribution < -0.4 is 5.32 Å². The predicted octanol–water partition coefficient (Wildman–Crippen LogP) is 2.43. The Morgan fingerprint density at radius 3 is 2.55 bits per heavy atom. The van der Waals surface area contributed by atoms with Gasteiger partial charge in [-0.05, 0) is 56.9 Å². The molecule has 0 aromatic heterocycles. The average Bonchev–Trinajstić information content (AvgIpc) is 2.53. The van der Waals surface area contributed by atoms with Crippen LogP contribution in [0.4, 0.5) is 0 Å². The second-order valence-corrected chi connectivity index (χ2v) is 5.78. The molecule has 0 radical (unpaired) electrons. The van der Waals surface area contributed by atoms with Crippen LogP contribution in [-0.4, -0.2) is 42.8 Å². The highest BCUT2D eigenvalue weighted by Gasteiger charge is 2.19. The predicted molar refractivity (Wildman–Crippen MR) is 83.7 cm³/mol. The molecule has 0 bridgehead atoms. The molecule has 1 heterocycles. The molecule has 0 aliphatic carbocycles. The van der Waals surface area contributed by atoms with Gasteiger partial charge in [0, 0.05) is 12.6 Å². The molecule has 0 saturated carbocycles. The van der Waals surface area contributed by atoms with Crippen LogP contribution >= 0.6 is 0 Å². The van der Waals surface area contributed by atoms with Crippen molar-refractivity contribution in [2.75, 3.05) is 32.8 Å². The average molecular weight is 276 g/mol. The molecule has 1 aliphatic heterocycles. The highest BCUT2D eigenvalue weighted by atomic mass is 16.3. The maximum atomic E-state index is 9.19. The number of likely N-dealkylation sites (tertiary alicyclic amines) is 1. The Morgan fingerprint density at radius 2 is 1.95 bits per heavy atom. The van der Waals surface area contributed by atoms with Gasteiger partial charge in [-0.15, -0.1) is 0 Å². The van der Waals surface area contributed by atoms with E-state index in [0.717, 1.165) is 45.4 Å². The molecular weight excluding hydrogens is 248 g/mol. The van der Waals surface area contributed by atoms with Crippen LogP contribution in [0.25, 0.3) is 0 Å². The third-order valence-electron chi connectivity index (χ3n) is 4.35. The minimum atomic E-state index is 0.359. The number of piperidine rings is 1. The van der Waals surface area contributed by atoms with Crippen LogP contribution in [0.2, 0.25) is 0 Å². The van der Waals surface area contributed by atoms with Crippen LogP contribution in [0.15, 0.2) is 30.3 Å². The zero-order chi connectivity index (χ0) is 14.2. The Labute approximate surface area is 123 Å². The first-order valence-corrected chi connectivity index (χ1v) is 7.95. The first-order chi connectivity index (χ1) is 9.83. The molecule has 2 rings (SSSR count). The molecule has 112 valence electrons. The van der Waals surface area contributed by atoms with Gasteiger partial charge in [0.05, 0.1) is 0 Å². The number of nitrogens with one attached hydrogen (secondary N) is 1. The minimum absolute atomic E-state index is 0.359. The topological polar surface area (TPSA) is 35.5 Å². The van der Waals surface area contributed by atoms with Crippen molar-refractivity contribution in [2.24, 2.45) is 5.92 Å². The SMILES string of the molecule is CCNC(CCN1CCC(CO)CC1)c1ccccc1. The van der Waals surface area contributed by atoms with E-state index in [2.05, 4.69) is 47.5 Å². The largest absolute Gasteiger partial charge is 0.396 e. The number of rotatable bonds is 7. The van der Waals surface area contributed by atoms with Crippen LogP contribution in [-0.2, 0) is 0 Å². The van der Waals surface area contributed by atoms with Crippen molar-refractivity contribution in [2.45, 2.75) is 32.2 Å². The van der Waals surface area contributed by atoms with Gasteiger partial charge in [-0.1, -0.05) is 37.3 Å². The Hall–Kier alpha value is -0.900. The molecule has 1 saturated heterocycles. The van der Waals surface area contributed by atoms with Gasteiger partial charge in [-0.3, -0.25) is 0 Å². The summed E-state index contributed by atoms with van der Waals surface area (Å²) in [4.78, 5) is 2.54. The second-order valence-electron chi connectivity index (χ2n) is 5.78. The van der Waals surface area contributed by atoms with E-state index in [1.54, 1.807) is 0 Å². The molecule has 1 aliphatic rings. The lowest BCUT2D eigenvalue weighted by molar-refractivity contribution is 0.128. The number of hydrogen-bond acceptors (Lipinski definition) is 3. The van der Waals surface area contributed by atoms with E-state index in [0.29, 0.717) is 18.6 Å². The second kappa shape index (κ2) is 8.40. The van der Waals surface area contributed by atoms with Gasteiger partial charge in [0.2, 0.25) is 0 Å². The molecule has 3 heteroatoms. The molecule has 3 nitrogen and oxygen atoms in total. The summed E-state index contributed by atoms with van der Waals surface area (Å²) >= 11 is 0. The minimum Gasteiger partial charge on any atom is -0.396 e. The van der Waals surface area contributed by atoms with Gasteiger partial charge in [0.1, 0.15) is 0 Å². The Balaban J connectivity index is 1.81. The maximum absolute atomic E-state index is 9.19. The van der Waals surface area contributed by atoms with Crippen molar-refractivity contribution in [1.82, 2.24) is 10.2 Å². The van der Waals surface area contributed by atoms with Crippen molar-refractivity contribution >= 4 is 0 Å². The Bertz CT molecular complexity index is 361. The van der Waals surface area contributed by atoms with Crippen molar-refractivity contribution in [1.29, 1.82) is 0 Å². The smallest absolute Gasteiger partial charge is 0.0460 e. The first kappa shape index (κ1) is 15.5. The van der Waals surface area contributed by atoms with E-state index >= 15 is 0 Å². The van der Waals surface area contributed by atoms with Crippen molar-refractivity contribution in [3.05, 3.63) is 35.9 Å². The summed E-state index contributed by atoms with van der Waals surface area (Å²) < 4.78 is 0. The first-order valence-electron chi connectivity index (χ1n) is 7.95. The summed E-state index contributed by atoms with van der Waals surface area (Å²) in [6, 6.07) is 11.2. The van der Waals surface area contributed by atoms with Gasteiger partial charge < -0.3 is 15.3 Å². The molecule has 0 amide bonds. The normalized spacial score (nSPS) is 19.1. The molecule has 1 fully saturated rings. The van der Waals surface area contributed by atoms with Crippen molar-refractivity contribution < 1.29 is 5.11 Å². The molecule has 1 aromatic rings. The summed E-state index contributed by atoms with van der Waals surface area (Å²) in [7, 11) is 0. The zero-order valence-corrected chi connectivity index (χ0v) is 12.6.